The fraction of sp³-hybridized carbons (Fsp3) is 0.316. The second kappa shape index (κ2) is 10.0. The van der Waals surface area contributed by atoms with Crippen LogP contribution in [0.25, 0.3) is 0 Å². The highest BCUT2D eigenvalue weighted by atomic mass is 35.5. The van der Waals surface area contributed by atoms with E-state index in [1.807, 2.05) is 43.3 Å². The molecule has 1 N–H and O–H groups in total. The van der Waals surface area contributed by atoms with Gasteiger partial charge in [0.25, 0.3) is 0 Å². The first-order valence-electron chi connectivity index (χ1n) is 8.39. The van der Waals surface area contributed by atoms with Gasteiger partial charge in [-0.05, 0) is 36.8 Å². The van der Waals surface area contributed by atoms with E-state index in [9.17, 15) is 13.2 Å². The second-order valence-electron chi connectivity index (χ2n) is 6.13. The normalized spacial score (nSPS) is 11.2. The van der Waals surface area contributed by atoms with E-state index in [1.165, 1.54) is 5.56 Å². The summed E-state index contributed by atoms with van der Waals surface area (Å²) in [5.41, 5.74) is 2.67. The lowest BCUT2D eigenvalue weighted by molar-refractivity contribution is -0.119. The van der Waals surface area contributed by atoms with E-state index >= 15 is 0 Å². The van der Waals surface area contributed by atoms with Crippen molar-refractivity contribution in [1.82, 2.24) is 5.32 Å². The zero-order valence-electron chi connectivity index (χ0n) is 15.3. The molecular weight excluding hydrogens is 404 g/mol. The van der Waals surface area contributed by atoms with Crippen molar-refractivity contribution < 1.29 is 13.2 Å². The maximum Gasteiger partial charge on any atom is 0.240 e. The number of benzene rings is 2. The minimum Gasteiger partial charge on any atom is -0.354 e. The molecule has 0 aliphatic rings. The van der Waals surface area contributed by atoms with Gasteiger partial charge in [0.15, 0.2) is 0 Å². The number of hydrogen-bond acceptors (Lipinski definition) is 4. The lowest BCUT2D eigenvalue weighted by Crippen LogP contribution is -2.41. The van der Waals surface area contributed by atoms with Crippen molar-refractivity contribution in [3.63, 3.8) is 0 Å². The van der Waals surface area contributed by atoms with Crippen LogP contribution in [0.3, 0.4) is 0 Å². The van der Waals surface area contributed by atoms with Crippen molar-refractivity contribution in [2.24, 2.45) is 0 Å². The summed E-state index contributed by atoms with van der Waals surface area (Å²) in [6, 6.07) is 14.7. The summed E-state index contributed by atoms with van der Waals surface area (Å²) in [5.74, 6) is 1.23. The van der Waals surface area contributed by atoms with Crippen LogP contribution in [0, 0.1) is 6.92 Å². The van der Waals surface area contributed by atoms with E-state index in [1.54, 1.807) is 23.9 Å². The molecule has 27 heavy (non-hydrogen) atoms. The Morgan fingerprint density at radius 3 is 2.33 bits per heavy atom. The largest absolute Gasteiger partial charge is 0.354 e. The predicted molar refractivity (Wildman–Crippen MR) is 114 cm³/mol. The number of carbonyl (C=O) groups excluding carboxylic acids is 1. The summed E-state index contributed by atoms with van der Waals surface area (Å²) >= 11 is 7.54. The number of sulfonamides is 1. The number of nitrogens with one attached hydrogen (secondary N) is 1. The van der Waals surface area contributed by atoms with Gasteiger partial charge < -0.3 is 5.32 Å². The van der Waals surface area contributed by atoms with E-state index in [2.05, 4.69) is 5.32 Å². The molecule has 2 aromatic rings. The molecular formula is C19H23ClN2O3S2. The van der Waals surface area contributed by atoms with Crippen molar-refractivity contribution in [3.8, 4) is 0 Å². The minimum atomic E-state index is -3.54. The zero-order valence-corrected chi connectivity index (χ0v) is 17.7. The van der Waals surface area contributed by atoms with Crippen LogP contribution in [-0.4, -0.2) is 39.4 Å². The van der Waals surface area contributed by atoms with Crippen LogP contribution >= 0.6 is 23.4 Å². The Morgan fingerprint density at radius 1 is 1.11 bits per heavy atom. The van der Waals surface area contributed by atoms with Gasteiger partial charge in [-0.3, -0.25) is 9.10 Å². The lowest BCUT2D eigenvalue weighted by Gasteiger charge is -2.22. The number of halogens is 1. The lowest BCUT2D eigenvalue weighted by atomic mass is 10.2. The first-order chi connectivity index (χ1) is 12.8. The van der Waals surface area contributed by atoms with Crippen molar-refractivity contribution in [1.29, 1.82) is 0 Å². The van der Waals surface area contributed by atoms with Crippen LogP contribution in [0.1, 0.15) is 11.1 Å². The smallest absolute Gasteiger partial charge is 0.240 e. The van der Waals surface area contributed by atoms with Gasteiger partial charge >= 0.3 is 0 Å². The Labute approximate surface area is 170 Å². The molecule has 0 saturated heterocycles. The summed E-state index contributed by atoms with van der Waals surface area (Å²) < 4.78 is 25.2. The fourth-order valence-corrected chi connectivity index (χ4v) is 4.13. The molecule has 5 nitrogen and oxygen atoms in total. The summed E-state index contributed by atoms with van der Waals surface area (Å²) in [5, 5.41) is 3.48. The summed E-state index contributed by atoms with van der Waals surface area (Å²) in [6.45, 7) is 2.16. The first-order valence-corrected chi connectivity index (χ1v) is 11.8. The van der Waals surface area contributed by atoms with E-state index in [4.69, 9.17) is 11.6 Å². The summed E-state index contributed by atoms with van der Waals surface area (Å²) in [4.78, 5) is 12.2. The van der Waals surface area contributed by atoms with Gasteiger partial charge in [-0.1, -0.05) is 41.4 Å². The number of rotatable bonds is 9. The van der Waals surface area contributed by atoms with Crippen LogP contribution in [-0.2, 0) is 20.6 Å². The van der Waals surface area contributed by atoms with Gasteiger partial charge in [-0.15, -0.1) is 0 Å². The number of nitrogens with zero attached hydrogens (tertiary/aromatic N) is 1. The molecule has 0 aliphatic carbocycles. The maximum absolute atomic E-state index is 12.2. The molecule has 0 radical (unpaired) electrons. The van der Waals surface area contributed by atoms with Gasteiger partial charge in [-0.25, -0.2) is 8.42 Å². The van der Waals surface area contributed by atoms with Gasteiger partial charge in [0, 0.05) is 23.1 Å². The summed E-state index contributed by atoms with van der Waals surface area (Å²) in [6.07, 6.45) is 1.10. The Balaban J connectivity index is 1.80. The molecule has 146 valence electrons. The van der Waals surface area contributed by atoms with Crippen LogP contribution in [0.2, 0.25) is 5.02 Å². The zero-order chi connectivity index (χ0) is 19.9. The molecule has 0 aliphatic heterocycles. The van der Waals surface area contributed by atoms with Crippen molar-refractivity contribution >= 4 is 45.0 Å². The Hall–Kier alpha value is -1.70. The molecule has 2 rings (SSSR count). The number of thioether (sulfide) groups is 1. The molecule has 0 bridgehead atoms. The average molecular weight is 427 g/mol. The van der Waals surface area contributed by atoms with Gasteiger partial charge in [-0.2, -0.15) is 11.8 Å². The van der Waals surface area contributed by atoms with Crippen LogP contribution in [0.4, 0.5) is 5.69 Å². The molecule has 8 heteroatoms. The molecule has 0 unspecified atom stereocenters. The molecule has 0 heterocycles. The predicted octanol–water partition coefficient (Wildman–Crippen LogP) is 3.46. The number of hydrogen-bond donors (Lipinski definition) is 1. The third kappa shape index (κ3) is 7.44. The third-order valence-corrected chi connectivity index (χ3v) is 6.18. The highest BCUT2D eigenvalue weighted by Crippen LogP contribution is 2.18. The van der Waals surface area contributed by atoms with Crippen molar-refractivity contribution in [2.45, 2.75) is 12.7 Å². The van der Waals surface area contributed by atoms with Crippen molar-refractivity contribution in [2.75, 3.05) is 29.4 Å². The van der Waals surface area contributed by atoms with E-state index in [0.717, 1.165) is 27.6 Å². The number of anilines is 1. The van der Waals surface area contributed by atoms with Gasteiger partial charge in [0.1, 0.15) is 6.54 Å². The van der Waals surface area contributed by atoms with Crippen LogP contribution in [0.5, 0.6) is 0 Å². The summed E-state index contributed by atoms with van der Waals surface area (Å²) in [7, 11) is -3.54. The van der Waals surface area contributed by atoms with Crippen LogP contribution < -0.4 is 9.62 Å². The highest BCUT2D eigenvalue weighted by Gasteiger charge is 2.20. The van der Waals surface area contributed by atoms with E-state index in [-0.39, 0.29) is 12.5 Å². The Kier molecular flexibility index (Phi) is 8.01. The Bertz CT molecular complexity index is 854. The van der Waals surface area contributed by atoms with E-state index in [0.29, 0.717) is 17.3 Å². The molecule has 0 fully saturated rings. The maximum atomic E-state index is 12.2. The van der Waals surface area contributed by atoms with E-state index < -0.39 is 10.0 Å². The third-order valence-electron chi connectivity index (χ3n) is 3.76. The first kappa shape index (κ1) is 21.6. The number of aryl methyl sites for hydroxylation is 1. The molecule has 0 spiro atoms. The van der Waals surface area contributed by atoms with Gasteiger partial charge in [0.05, 0.1) is 11.9 Å². The quantitative estimate of drug-likeness (QED) is 0.623. The topological polar surface area (TPSA) is 66.5 Å². The molecule has 1 amide bonds. The minimum absolute atomic E-state index is 0.232. The fourth-order valence-electron chi connectivity index (χ4n) is 2.33. The van der Waals surface area contributed by atoms with Crippen LogP contribution in [0.15, 0.2) is 48.5 Å². The molecule has 0 saturated carbocycles. The SMILES string of the molecule is Cc1ccc(N(CC(=O)NCCSCc2ccc(Cl)cc2)S(C)(=O)=O)cc1. The monoisotopic (exact) mass is 426 g/mol. The second-order valence-corrected chi connectivity index (χ2v) is 9.58. The standard InChI is InChI=1S/C19H23ClN2O3S2/c1-15-3-9-18(10-4-15)22(27(2,24)25)13-19(23)21-11-12-26-14-16-5-7-17(20)8-6-16/h3-10H,11-14H2,1-2H3,(H,21,23). The highest BCUT2D eigenvalue weighted by molar-refractivity contribution is 7.98. The number of amides is 1. The molecule has 2 aromatic carbocycles. The van der Waals surface area contributed by atoms with Gasteiger partial charge in [0.2, 0.25) is 15.9 Å². The average Bonchev–Trinajstić information content (AvgIpc) is 2.61. The number of carbonyl (C=O) groups is 1. The van der Waals surface area contributed by atoms with Crippen molar-refractivity contribution in [3.05, 3.63) is 64.7 Å². The Morgan fingerprint density at radius 2 is 1.74 bits per heavy atom. The molecule has 0 atom stereocenters. The molecule has 0 aromatic heterocycles.